The molecule has 0 saturated carbocycles. The predicted octanol–water partition coefficient (Wildman–Crippen LogP) is 2.00. The van der Waals surface area contributed by atoms with Gasteiger partial charge in [0, 0.05) is 4.88 Å². The van der Waals surface area contributed by atoms with Gasteiger partial charge in [-0.1, -0.05) is 18.7 Å². The number of thiophene rings is 1. The minimum atomic E-state index is -0.376. The maximum absolute atomic E-state index is 11.2. The van der Waals surface area contributed by atoms with Crippen molar-refractivity contribution in [3.8, 4) is 0 Å². The fourth-order valence-electron chi connectivity index (χ4n) is 3.64. The van der Waals surface area contributed by atoms with Crippen molar-refractivity contribution in [2.75, 3.05) is 5.75 Å². The van der Waals surface area contributed by atoms with Gasteiger partial charge in [-0.3, -0.25) is 4.79 Å². The van der Waals surface area contributed by atoms with Crippen LogP contribution in [0.5, 0.6) is 0 Å². The summed E-state index contributed by atoms with van der Waals surface area (Å²) in [7, 11) is 0. The second-order valence-electron chi connectivity index (χ2n) is 6.28. The van der Waals surface area contributed by atoms with Gasteiger partial charge in [-0.15, -0.1) is 21.5 Å². The number of nitrogens with zero attached hydrogens (tertiary/aromatic N) is 6. The first-order valence-electron chi connectivity index (χ1n) is 8.08. The van der Waals surface area contributed by atoms with Crippen LogP contribution in [0.4, 0.5) is 0 Å². The van der Waals surface area contributed by atoms with E-state index in [2.05, 4.69) is 27.2 Å². The molecule has 1 aliphatic carbocycles. The fraction of sp³-hybridized carbons (Fsp3) is 0.400. The first-order valence-corrected chi connectivity index (χ1v) is 9.88. The van der Waals surface area contributed by atoms with E-state index in [-0.39, 0.29) is 11.7 Å². The summed E-state index contributed by atoms with van der Waals surface area (Å²) in [6, 6.07) is 0. The van der Waals surface area contributed by atoms with Crippen molar-refractivity contribution in [3.63, 3.8) is 0 Å². The molecule has 4 aromatic rings. The van der Waals surface area contributed by atoms with Gasteiger partial charge in [-0.05, 0) is 30.7 Å². The van der Waals surface area contributed by atoms with Crippen molar-refractivity contribution in [2.24, 2.45) is 5.73 Å². The lowest BCUT2D eigenvalue weighted by Crippen LogP contribution is -2.13. The van der Waals surface area contributed by atoms with Gasteiger partial charge in [0.1, 0.15) is 11.2 Å². The van der Waals surface area contributed by atoms with Crippen LogP contribution in [0.25, 0.3) is 21.6 Å². The SMILES string of the molecule is C[C@H]1CCCc2sc3c(c21)c1ncnn1c1nnc(SCC(N)=O)n31. The molecule has 1 aliphatic rings. The number of nitrogens with two attached hydrogens (primary N) is 1. The molecule has 10 heteroatoms. The number of carbonyl (C=O) groups is 1. The van der Waals surface area contributed by atoms with Crippen molar-refractivity contribution < 1.29 is 4.79 Å². The predicted molar refractivity (Wildman–Crippen MR) is 96.2 cm³/mol. The second-order valence-corrected chi connectivity index (χ2v) is 8.31. The van der Waals surface area contributed by atoms with Gasteiger partial charge >= 0.3 is 0 Å². The zero-order valence-electron chi connectivity index (χ0n) is 13.5. The van der Waals surface area contributed by atoms with Gasteiger partial charge in [0.25, 0.3) is 5.78 Å². The normalized spacial score (nSPS) is 17.6. The summed E-state index contributed by atoms with van der Waals surface area (Å²) in [6.45, 7) is 2.27. The quantitative estimate of drug-likeness (QED) is 0.551. The Morgan fingerprint density at radius 3 is 3.20 bits per heavy atom. The molecule has 128 valence electrons. The highest BCUT2D eigenvalue weighted by Gasteiger charge is 2.27. The minimum absolute atomic E-state index is 0.166. The summed E-state index contributed by atoms with van der Waals surface area (Å²) in [4.78, 5) is 18.2. The molecule has 1 amide bonds. The summed E-state index contributed by atoms with van der Waals surface area (Å²) in [6.07, 6.45) is 5.03. The van der Waals surface area contributed by atoms with Crippen LogP contribution in [0, 0.1) is 0 Å². The highest BCUT2D eigenvalue weighted by atomic mass is 32.2. The number of carbonyl (C=O) groups excluding carboxylic acids is 1. The molecular formula is C15H15N7OS2. The zero-order chi connectivity index (χ0) is 17.1. The van der Waals surface area contributed by atoms with E-state index in [1.165, 1.54) is 35.0 Å². The maximum atomic E-state index is 11.2. The Bertz CT molecular complexity index is 1140. The molecule has 0 aliphatic heterocycles. The summed E-state index contributed by atoms with van der Waals surface area (Å²) in [5.74, 6) is 0.893. The molecule has 4 heterocycles. The summed E-state index contributed by atoms with van der Waals surface area (Å²) < 4.78 is 3.72. The number of rotatable bonds is 3. The van der Waals surface area contributed by atoms with Gasteiger partial charge in [0.15, 0.2) is 10.8 Å². The summed E-state index contributed by atoms with van der Waals surface area (Å²) in [5, 5.41) is 14.7. The molecule has 4 aromatic heterocycles. The van der Waals surface area contributed by atoms with Gasteiger partial charge in [0.2, 0.25) is 5.91 Å². The number of amides is 1. The Morgan fingerprint density at radius 1 is 1.48 bits per heavy atom. The molecule has 0 radical (unpaired) electrons. The Kier molecular flexibility index (Phi) is 3.26. The van der Waals surface area contributed by atoms with Crippen molar-refractivity contribution in [1.29, 1.82) is 0 Å². The van der Waals surface area contributed by atoms with Crippen LogP contribution in [0.1, 0.15) is 36.1 Å². The molecule has 0 saturated heterocycles. The molecule has 25 heavy (non-hydrogen) atoms. The number of fused-ring (bicyclic) bond motifs is 8. The molecule has 1 atom stereocenters. The topological polar surface area (TPSA) is 103 Å². The van der Waals surface area contributed by atoms with Gasteiger partial charge < -0.3 is 5.73 Å². The number of hydrogen-bond acceptors (Lipinski definition) is 7. The Labute approximate surface area is 150 Å². The number of primary amides is 1. The number of thioether (sulfide) groups is 1. The van der Waals surface area contributed by atoms with Crippen molar-refractivity contribution in [1.82, 2.24) is 29.2 Å². The smallest absolute Gasteiger partial charge is 0.260 e. The van der Waals surface area contributed by atoms with Gasteiger partial charge in [-0.25, -0.2) is 9.38 Å². The van der Waals surface area contributed by atoms with E-state index in [0.717, 1.165) is 22.3 Å². The molecule has 0 bridgehead atoms. The van der Waals surface area contributed by atoms with Crippen LogP contribution in [0.2, 0.25) is 0 Å². The van der Waals surface area contributed by atoms with Gasteiger partial charge in [-0.2, -0.15) is 9.61 Å². The summed E-state index contributed by atoms with van der Waals surface area (Å²) in [5.41, 5.74) is 7.50. The fourth-order valence-corrected chi connectivity index (χ4v) is 5.82. The van der Waals surface area contributed by atoms with E-state index in [9.17, 15) is 4.79 Å². The lowest BCUT2D eigenvalue weighted by Gasteiger charge is -2.18. The average Bonchev–Trinajstić information content (AvgIpc) is 3.28. The summed E-state index contributed by atoms with van der Waals surface area (Å²) >= 11 is 3.07. The third kappa shape index (κ3) is 2.10. The molecule has 2 N–H and O–H groups in total. The molecule has 0 fully saturated rings. The Balaban J connectivity index is 1.90. The standard InChI is InChI=1S/C15H15N7OS2/c1-7-3-2-4-8-10(7)11-12-17-6-18-22(12)14-19-20-15(24-5-9(16)23)21(14)13(11)25-8/h6-7H,2-5H2,1H3,(H2,16,23)/t7-/m0/s1. The first kappa shape index (κ1) is 15.1. The largest absolute Gasteiger partial charge is 0.369 e. The van der Waals surface area contributed by atoms with Crippen molar-refractivity contribution in [2.45, 2.75) is 37.3 Å². The Hall–Kier alpha value is -2.20. The molecule has 0 aromatic carbocycles. The monoisotopic (exact) mass is 373 g/mol. The molecular weight excluding hydrogens is 358 g/mol. The van der Waals surface area contributed by atoms with E-state index in [1.54, 1.807) is 22.2 Å². The van der Waals surface area contributed by atoms with Crippen LogP contribution < -0.4 is 5.73 Å². The molecule has 0 unspecified atom stereocenters. The lowest BCUT2D eigenvalue weighted by molar-refractivity contribution is -0.115. The van der Waals surface area contributed by atoms with E-state index in [4.69, 9.17) is 5.73 Å². The van der Waals surface area contributed by atoms with Crippen LogP contribution in [0.15, 0.2) is 11.5 Å². The van der Waals surface area contributed by atoms with E-state index in [1.807, 2.05) is 4.40 Å². The van der Waals surface area contributed by atoms with Crippen molar-refractivity contribution in [3.05, 3.63) is 16.8 Å². The van der Waals surface area contributed by atoms with E-state index in [0.29, 0.717) is 16.9 Å². The van der Waals surface area contributed by atoms with Crippen LogP contribution in [-0.2, 0) is 11.2 Å². The number of aryl methyl sites for hydroxylation is 1. The minimum Gasteiger partial charge on any atom is -0.369 e. The van der Waals surface area contributed by atoms with E-state index >= 15 is 0 Å². The molecule has 0 spiro atoms. The second kappa shape index (κ2) is 5.40. The average molecular weight is 373 g/mol. The number of aromatic nitrogens is 6. The first-order chi connectivity index (χ1) is 12.1. The van der Waals surface area contributed by atoms with E-state index < -0.39 is 0 Å². The van der Waals surface area contributed by atoms with Crippen molar-refractivity contribution >= 4 is 50.6 Å². The van der Waals surface area contributed by atoms with Crippen LogP contribution in [0.3, 0.4) is 0 Å². The third-order valence-electron chi connectivity index (χ3n) is 4.66. The number of hydrogen-bond donors (Lipinski definition) is 1. The van der Waals surface area contributed by atoms with Crippen LogP contribution in [-0.4, -0.2) is 40.9 Å². The highest BCUT2D eigenvalue weighted by Crippen LogP contribution is 2.44. The molecule has 5 rings (SSSR count). The maximum Gasteiger partial charge on any atom is 0.260 e. The molecule has 8 nitrogen and oxygen atoms in total. The highest BCUT2D eigenvalue weighted by molar-refractivity contribution is 7.99. The Morgan fingerprint density at radius 2 is 2.36 bits per heavy atom. The lowest BCUT2D eigenvalue weighted by atomic mass is 9.87. The third-order valence-corrected chi connectivity index (χ3v) is 6.86. The zero-order valence-corrected chi connectivity index (χ0v) is 15.1. The van der Waals surface area contributed by atoms with Gasteiger partial charge in [0.05, 0.1) is 11.1 Å². The van der Waals surface area contributed by atoms with Crippen LogP contribution >= 0.6 is 23.1 Å².